The maximum atomic E-state index is 6.19. The summed E-state index contributed by atoms with van der Waals surface area (Å²) in [5.74, 6) is 1.51. The van der Waals surface area contributed by atoms with Crippen LogP contribution < -0.4 is 5.32 Å². The predicted molar refractivity (Wildman–Crippen MR) is 194 cm³/mol. The maximum Gasteiger partial charge on any atom is 0.159 e. The molecule has 0 fully saturated rings. The Labute approximate surface area is 272 Å². The van der Waals surface area contributed by atoms with Gasteiger partial charge in [0.15, 0.2) is 5.84 Å². The summed E-state index contributed by atoms with van der Waals surface area (Å²) in [6, 6.07) is 57.0. The predicted octanol–water partition coefficient (Wildman–Crippen LogP) is 10.6. The minimum absolute atomic E-state index is 0.262. The van der Waals surface area contributed by atoms with E-state index >= 15 is 0 Å². The van der Waals surface area contributed by atoms with Crippen LogP contribution in [0.15, 0.2) is 178 Å². The molecule has 222 valence electrons. The van der Waals surface area contributed by atoms with Crippen LogP contribution in [0, 0.1) is 0 Å². The number of benzene rings is 7. The molecule has 0 spiro atoms. The number of para-hydroxylation sites is 1. The molecular weight excluding hydrogens is 574 g/mol. The molecule has 2 heterocycles. The van der Waals surface area contributed by atoms with Gasteiger partial charge in [0.05, 0.1) is 0 Å². The van der Waals surface area contributed by atoms with Gasteiger partial charge in [0, 0.05) is 21.9 Å². The average molecular weight is 604 g/mol. The van der Waals surface area contributed by atoms with Gasteiger partial charge >= 0.3 is 0 Å². The van der Waals surface area contributed by atoms with Gasteiger partial charge in [-0.15, -0.1) is 0 Å². The summed E-state index contributed by atoms with van der Waals surface area (Å²) >= 11 is 0. The summed E-state index contributed by atoms with van der Waals surface area (Å²) in [7, 11) is 0. The summed E-state index contributed by atoms with van der Waals surface area (Å²) in [6.45, 7) is 0. The molecule has 4 heteroatoms. The van der Waals surface area contributed by atoms with Gasteiger partial charge < -0.3 is 9.73 Å². The first-order valence-electron chi connectivity index (χ1n) is 15.9. The first-order valence-corrected chi connectivity index (χ1v) is 15.9. The lowest BCUT2D eigenvalue weighted by Gasteiger charge is -2.24. The molecule has 7 aromatic carbocycles. The van der Waals surface area contributed by atoms with E-state index in [0.717, 1.165) is 66.4 Å². The highest BCUT2D eigenvalue weighted by Gasteiger charge is 2.21. The van der Waals surface area contributed by atoms with Crippen LogP contribution in [0.3, 0.4) is 0 Å². The summed E-state index contributed by atoms with van der Waals surface area (Å²) in [4.78, 5) is 10.2. The Bertz CT molecular complexity index is 2480. The molecule has 1 atom stereocenters. The van der Waals surface area contributed by atoms with Gasteiger partial charge in [-0.3, -0.25) is 0 Å². The van der Waals surface area contributed by atoms with Crippen molar-refractivity contribution in [1.29, 1.82) is 0 Å². The lowest BCUT2D eigenvalue weighted by Crippen LogP contribution is -2.33. The van der Waals surface area contributed by atoms with Gasteiger partial charge in [0.1, 0.15) is 23.2 Å². The van der Waals surface area contributed by atoms with Crippen LogP contribution in [0.1, 0.15) is 22.9 Å². The van der Waals surface area contributed by atoms with Gasteiger partial charge in [0.25, 0.3) is 0 Å². The topological polar surface area (TPSA) is 49.9 Å². The first kappa shape index (κ1) is 27.1. The molecule has 0 amide bonds. The second-order valence-corrected chi connectivity index (χ2v) is 11.9. The number of nitrogens with one attached hydrogen (secondary N) is 1. The molecule has 47 heavy (non-hydrogen) atoms. The van der Waals surface area contributed by atoms with Crippen molar-refractivity contribution in [3.05, 3.63) is 180 Å². The molecule has 1 aromatic heterocycles. The van der Waals surface area contributed by atoms with E-state index in [9.17, 15) is 0 Å². The van der Waals surface area contributed by atoms with Gasteiger partial charge in [-0.2, -0.15) is 0 Å². The van der Waals surface area contributed by atoms with Crippen molar-refractivity contribution in [1.82, 2.24) is 5.32 Å². The van der Waals surface area contributed by atoms with Crippen LogP contribution in [-0.4, -0.2) is 11.7 Å². The molecule has 1 unspecified atom stereocenters. The molecule has 0 radical (unpaired) electrons. The normalized spacial score (nSPS) is 14.6. The van der Waals surface area contributed by atoms with E-state index in [0.29, 0.717) is 5.84 Å². The lowest BCUT2D eigenvalue weighted by molar-refractivity contribution is 0.669. The van der Waals surface area contributed by atoms with E-state index in [-0.39, 0.29) is 6.17 Å². The monoisotopic (exact) mass is 603 g/mol. The van der Waals surface area contributed by atoms with Crippen molar-refractivity contribution >= 4 is 44.4 Å². The van der Waals surface area contributed by atoms with Crippen molar-refractivity contribution in [2.75, 3.05) is 0 Å². The summed E-state index contributed by atoms with van der Waals surface area (Å²) < 4.78 is 6.19. The second-order valence-electron chi connectivity index (χ2n) is 11.9. The van der Waals surface area contributed by atoms with E-state index in [1.165, 1.54) is 11.1 Å². The molecule has 0 aliphatic carbocycles. The average Bonchev–Trinajstić information content (AvgIpc) is 3.54. The lowest BCUT2D eigenvalue weighted by atomic mass is 9.96. The van der Waals surface area contributed by atoms with E-state index in [2.05, 4.69) is 127 Å². The molecule has 1 aliphatic heterocycles. The third-order valence-corrected chi connectivity index (χ3v) is 8.94. The number of furan rings is 1. The fraction of sp³-hybridized carbons (Fsp3) is 0.0233. The zero-order chi connectivity index (χ0) is 31.2. The Kier molecular flexibility index (Phi) is 6.50. The number of hydrogen-bond acceptors (Lipinski definition) is 4. The molecule has 1 aliphatic rings. The fourth-order valence-electron chi connectivity index (χ4n) is 6.55. The SMILES string of the molecule is c1ccc(-c2ccc(C3=NC(c4ccc5ccc(-c6cccc7oc8ccccc8c67)cc5c4)=NC(c4ccccc4)N3)cc2)cc1. The number of rotatable bonds is 5. The minimum atomic E-state index is -0.262. The molecule has 9 rings (SSSR count). The molecule has 0 saturated carbocycles. The number of hydrogen-bond donors (Lipinski definition) is 1. The third kappa shape index (κ3) is 4.97. The smallest absolute Gasteiger partial charge is 0.159 e. The Morgan fingerprint density at radius 2 is 1.13 bits per heavy atom. The second kappa shape index (κ2) is 11.3. The highest BCUT2D eigenvalue weighted by molar-refractivity contribution is 6.15. The van der Waals surface area contributed by atoms with Crippen molar-refractivity contribution in [2.24, 2.45) is 9.98 Å². The molecule has 4 nitrogen and oxygen atoms in total. The number of fused-ring (bicyclic) bond motifs is 4. The van der Waals surface area contributed by atoms with E-state index in [1.54, 1.807) is 0 Å². The van der Waals surface area contributed by atoms with Gasteiger partial charge in [-0.05, 0) is 62.9 Å². The van der Waals surface area contributed by atoms with Crippen molar-refractivity contribution in [2.45, 2.75) is 6.17 Å². The Morgan fingerprint density at radius 3 is 1.96 bits per heavy atom. The Morgan fingerprint density at radius 1 is 0.489 bits per heavy atom. The molecular formula is C43H29N3O. The first-order chi connectivity index (χ1) is 23.3. The van der Waals surface area contributed by atoms with Crippen LogP contribution in [0.4, 0.5) is 0 Å². The number of aliphatic imine (C=N–C) groups is 2. The highest BCUT2D eigenvalue weighted by atomic mass is 16.3. The van der Waals surface area contributed by atoms with Gasteiger partial charge in [-0.1, -0.05) is 140 Å². The van der Waals surface area contributed by atoms with E-state index in [4.69, 9.17) is 14.4 Å². The standard InChI is InChI=1S/C43H29N3O/c1-3-10-28(11-4-1)29-18-22-32(23-19-29)42-44-41(31-12-5-2-6-13-31)45-43(46-42)34-25-21-30-20-24-33(26-35(30)27-34)36-15-9-17-39-40(36)37-14-7-8-16-38(37)47-39/h1-27,41H,(H,44,45,46). The fourth-order valence-corrected chi connectivity index (χ4v) is 6.55. The van der Waals surface area contributed by atoms with Crippen LogP contribution in [0.2, 0.25) is 0 Å². The van der Waals surface area contributed by atoms with Crippen LogP contribution in [0.25, 0.3) is 55.0 Å². The number of amidine groups is 2. The van der Waals surface area contributed by atoms with Crippen LogP contribution in [0.5, 0.6) is 0 Å². The quantitative estimate of drug-likeness (QED) is 0.213. The molecule has 0 saturated heterocycles. The zero-order valence-corrected chi connectivity index (χ0v) is 25.5. The highest BCUT2D eigenvalue weighted by Crippen LogP contribution is 2.37. The Hall–Kier alpha value is -6.26. The van der Waals surface area contributed by atoms with E-state index < -0.39 is 0 Å². The molecule has 0 bridgehead atoms. The number of nitrogens with zero attached hydrogens (tertiary/aromatic N) is 2. The summed E-state index contributed by atoms with van der Waals surface area (Å²) in [6.07, 6.45) is -0.262. The maximum absolute atomic E-state index is 6.19. The zero-order valence-electron chi connectivity index (χ0n) is 25.5. The minimum Gasteiger partial charge on any atom is -0.456 e. The van der Waals surface area contributed by atoms with Crippen molar-refractivity contribution < 1.29 is 4.42 Å². The van der Waals surface area contributed by atoms with Crippen LogP contribution >= 0.6 is 0 Å². The third-order valence-electron chi connectivity index (χ3n) is 8.94. The van der Waals surface area contributed by atoms with Crippen LogP contribution in [-0.2, 0) is 0 Å². The van der Waals surface area contributed by atoms with Gasteiger partial charge in [-0.25, -0.2) is 9.98 Å². The molecule has 1 N–H and O–H groups in total. The Balaban J connectivity index is 1.13. The largest absolute Gasteiger partial charge is 0.456 e. The van der Waals surface area contributed by atoms with E-state index in [1.807, 2.05) is 42.5 Å². The molecule has 8 aromatic rings. The van der Waals surface area contributed by atoms with Crippen molar-refractivity contribution in [3.63, 3.8) is 0 Å². The summed E-state index contributed by atoms with van der Waals surface area (Å²) in [5.41, 5.74) is 9.53. The van der Waals surface area contributed by atoms with Crippen molar-refractivity contribution in [3.8, 4) is 22.3 Å². The van der Waals surface area contributed by atoms with Gasteiger partial charge in [0.2, 0.25) is 0 Å². The summed E-state index contributed by atoms with van der Waals surface area (Å²) in [5, 5.41) is 8.15.